The third-order valence-electron chi connectivity index (χ3n) is 9.04. The van der Waals surface area contributed by atoms with E-state index in [0.29, 0.717) is 31.2 Å². The molecule has 2 aromatic heterocycles. The minimum atomic E-state index is -0.346. The van der Waals surface area contributed by atoms with Crippen molar-refractivity contribution in [3.63, 3.8) is 0 Å². The van der Waals surface area contributed by atoms with Gasteiger partial charge >= 0.3 is 5.97 Å². The molecule has 1 unspecified atom stereocenters. The van der Waals surface area contributed by atoms with Crippen LogP contribution in [-0.4, -0.2) is 59.1 Å². The van der Waals surface area contributed by atoms with E-state index >= 15 is 0 Å². The number of ether oxygens (including phenoxy) is 3. The number of carbonyl (C=O) groups excluding carboxylic acids is 1. The summed E-state index contributed by atoms with van der Waals surface area (Å²) < 4.78 is 19.4. The van der Waals surface area contributed by atoms with Crippen molar-refractivity contribution in [3.8, 4) is 11.4 Å². The summed E-state index contributed by atoms with van der Waals surface area (Å²) in [6.07, 6.45) is 9.78. The van der Waals surface area contributed by atoms with E-state index in [0.717, 1.165) is 99.1 Å². The first-order chi connectivity index (χ1) is 20.0. The molecule has 0 spiro atoms. The molecule has 220 valence electrons. The summed E-state index contributed by atoms with van der Waals surface area (Å²) in [4.78, 5) is 33.3. The number of hydrogen-bond donors (Lipinski definition) is 2. The van der Waals surface area contributed by atoms with Gasteiger partial charge in [-0.2, -0.15) is 0 Å². The van der Waals surface area contributed by atoms with Crippen molar-refractivity contribution in [1.29, 1.82) is 0 Å². The molecule has 0 bridgehead atoms. The summed E-state index contributed by atoms with van der Waals surface area (Å²) in [6.45, 7) is 6.17. The van der Waals surface area contributed by atoms with Crippen LogP contribution >= 0.6 is 0 Å². The third-order valence-corrected chi connectivity index (χ3v) is 9.04. The lowest BCUT2D eigenvalue weighted by atomic mass is 9.91. The molecule has 3 aromatic rings. The topological polar surface area (TPSA) is 107 Å². The Morgan fingerprint density at radius 2 is 1.80 bits per heavy atom. The molecule has 1 aromatic carbocycles. The van der Waals surface area contributed by atoms with Gasteiger partial charge < -0.3 is 29.1 Å². The number of nitrogens with one attached hydrogen (secondary N) is 2. The first kappa shape index (κ1) is 28.1. The SMILES string of the molecule is Cc1cc(-c2nc3cc(CNC(C(=O)OC4CCCC4)C4CCOCC4)ccc3n2CC2CCOCC2)c[nH]c1=O. The summed E-state index contributed by atoms with van der Waals surface area (Å²) >= 11 is 0. The van der Waals surface area contributed by atoms with Crippen molar-refractivity contribution in [2.45, 2.75) is 83.5 Å². The smallest absolute Gasteiger partial charge is 0.323 e. The summed E-state index contributed by atoms with van der Waals surface area (Å²) in [5, 5.41) is 3.56. The monoisotopic (exact) mass is 562 g/mol. The Morgan fingerprint density at radius 1 is 1.07 bits per heavy atom. The van der Waals surface area contributed by atoms with E-state index in [1.54, 1.807) is 6.20 Å². The molecule has 41 heavy (non-hydrogen) atoms. The van der Waals surface area contributed by atoms with Gasteiger partial charge in [0.1, 0.15) is 18.0 Å². The van der Waals surface area contributed by atoms with Crippen LogP contribution in [0.2, 0.25) is 0 Å². The molecule has 9 heteroatoms. The number of aryl methyl sites for hydroxylation is 1. The molecule has 2 aliphatic heterocycles. The standard InChI is InChI=1S/C32H42N4O5/c1-21-16-25(19-34-31(21)37)30-35-27-17-23(6-7-28(27)36(30)20-22-8-12-39-13-9-22)18-33-29(24-10-14-40-15-11-24)32(38)41-26-4-2-3-5-26/h6-7,16-17,19,22,24,26,29,33H,2-5,8-15,18,20H2,1H3,(H,34,37). The van der Waals surface area contributed by atoms with Crippen molar-refractivity contribution in [2.75, 3.05) is 26.4 Å². The highest BCUT2D eigenvalue weighted by molar-refractivity contribution is 5.81. The molecule has 3 aliphatic rings. The normalized spacial score (nSPS) is 20.0. The Labute approximate surface area is 241 Å². The number of rotatable bonds is 9. The van der Waals surface area contributed by atoms with Crippen molar-refractivity contribution in [2.24, 2.45) is 11.8 Å². The fraction of sp³-hybridized carbons (Fsp3) is 0.594. The van der Waals surface area contributed by atoms with E-state index in [-0.39, 0.29) is 29.6 Å². The van der Waals surface area contributed by atoms with Gasteiger partial charge in [0.25, 0.3) is 5.56 Å². The predicted octanol–water partition coefficient (Wildman–Crippen LogP) is 4.50. The molecular formula is C32H42N4O5. The first-order valence-corrected chi connectivity index (χ1v) is 15.3. The van der Waals surface area contributed by atoms with Gasteiger partial charge in [-0.15, -0.1) is 0 Å². The molecule has 6 rings (SSSR count). The zero-order chi connectivity index (χ0) is 28.2. The van der Waals surface area contributed by atoms with Gasteiger partial charge in [-0.1, -0.05) is 6.07 Å². The average Bonchev–Trinajstić information content (AvgIpc) is 3.63. The van der Waals surface area contributed by atoms with Gasteiger partial charge in [0.15, 0.2) is 0 Å². The van der Waals surface area contributed by atoms with Crippen LogP contribution in [0.15, 0.2) is 35.3 Å². The Morgan fingerprint density at radius 3 is 2.54 bits per heavy atom. The number of carbonyl (C=O) groups is 1. The van der Waals surface area contributed by atoms with E-state index in [2.05, 4.69) is 33.1 Å². The van der Waals surface area contributed by atoms with E-state index in [1.165, 1.54) is 0 Å². The van der Waals surface area contributed by atoms with E-state index in [4.69, 9.17) is 19.2 Å². The molecule has 2 saturated heterocycles. The minimum Gasteiger partial charge on any atom is -0.461 e. The second kappa shape index (κ2) is 12.9. The zero-order valence-corrected chi connectivity index (χ0v) is 24.0. The lowest BCUT2D eigenvalue weighted by molar-refractivity contribution is -0.154. The Bertz CT molecular complexity index is 1400. The zero-order valence-electron chi connectivity index (χ0n) is 24.0. The number of hydrogen-bond acceptors (Lipinski definition) is 7. The molecule has 1 aliphatic carbocycles. The number of benzene rings is 1. The first-order valence-electron chi connectivity index (χ1n) is 15.3. The van der Waals surface area contributed by atoms with Gasteiger partial charge in [-0.25, -0.2) is 4.98 Å². The molecule has 9 nitrogen and oxygen atoms in total. The Hall–Kier alpha value is -3.01. The maximum Gasteiger partial charge on any atom is 0.323 e. The summed E-state index contributed by atoms with van der Waals surface area (Å²) in [5.74, 6) is 1.45. The molecule has 1 saturated carbocycles. The van der Waals surface area contributed by atoms with Crippen LogP contribution in [0.3, 0.4) is 0 Å². The van der Waals surface area contributed by atoms with Crippen molar-refractivity contribution < 1.29 is 19.0 Å². The maximum atomic E-state index is 13.3. The number of nitrogens with zero attached hydrogens (tertiary/aromatic N) is 2. The molecule has 0 radical (unpaired) electrons. The van der Waals surface area contributed by atoms with Crippen molar-refractivity contribution in [3.05, 3.63) is 51.9 Å². The maximum absolute atomic E-state index is 13.3. The predicted molar refractivity (Wildman–Crippen MR) is 157 cm³/mol. The van der Waals surface area contributed by atoms with Crippen molar-refractivity contribution >= 4 is 17.0 Å². The molecule has 3 fully saturated rings. The summed E-state index contributed by atoms with van der Waals surface area (Å²) in [7, 11) is 0. The highest BCUT2D eigenvalue weighted by Gasteiger charge is 2.33. The molecular weight excluding hydrogens is 520 g/mol. The van der Waals surface area contributed by atoms with Gasteiger partial charge in [0.2, 0.25) is 0 Å². The highest BCUT2D eigenvalue weighted by Crippen LogP contribution is 2.29. The number of aromatic nitrogens is 3. The number of pyridine rings is 1. The number of fused-ring (bicyclic) bond motifs is 1. The fourth-order valence-electron chi connectivity index (χ4n) is 6.57. The van der Waals surface area contributed by atoms with E-state index in [1.807, 2.05) is 13.0 Å². The van der Waals surface area contributed by atoms with E-state index < -0.39 is 0 Å². The summed E-state index contributed by atoms with van der Waals surface area (Å²) in [6, 6.07) is 7.95. The number of esters is 1. The second-order valence-corrected chi connectivity index (χ2v) is 12.0. The fourth-order valence-corrected chi connectivity index (χ4v) is 6.57. The number of imidazole rings is 1. The van der Waals surface area contributed by atoms with Gasteiger partial charge in [0, 0.05) is 56.8 Å². The molecule has 4 heterocycles. The largest absolute Gasteiger partial charge is 0.461 e. The van der Waals surface area contributed by atoms with Gasteiger partial charge in [-0.3, -0.25) is 9.59 Å². The number of aromatic amines is 1. The van der Waals surface area contributed by atoms with Crippen LogP contribution in [0.5, 0.6) is 0 Å². The number of H-pyrrole nitrogens is 1. The lowest BCUT2D eigenvalue weighted by Gasteiger charge is -2.30. The van der Waals surface area contributed by atoms with Crippen LogP contribution in [0, 0.1) is 18.8 Å². The minimum absolute atomic E-state index is 0.0534. The van der Waals surface area contributed by atoms with Crippen LogP contribution in [-0.2, 0) is 32.1 Å². The van der Waals surface area contributed by atoms with Crippen LogP contribution in [0.25, 0.3) is 22.4 Å². The third kappa shape index (κ3) is 6.58. The van der Waals surface area contributed by atoms with Crippen LogP contribution in [0.1, 0.15) is 62.5 Å². The van der Waals surface area contributed by atoms with Crippen LogP contribution < -0.4 is 10.9 Å². The average molecular weight is 563 g/mol. The molecule has 0 amide bonds. The van der Waals surface area contributed by atoms with Crippen molar-refractivity contribution in [1.82, 2.24) is 19.9 Å². The van der Waals surface area contributed by atoms with Gasteiger partial charge in [-0.05, 0) is 93.9 Å². The van der Waals surface area contributed by atoms with E-state index in [9.17, 15) is 9.59 Å². The van der Waals surface area contributed by atoms with Crippen LogP contribution in [0.4, 0.5) is 0 Å². The quantitative estimate of drug-likeness (QED) is 0.370. The second-order valence-electron chi connectivity index (χ2n) is 12.0. The summed E-state index contributed by atoms with van der Waals surface area (Å²) in [5.41, 5.74) is 4.54. The molecule has 1 atom stereocenters. The Kier molecular flexibility index (Phi) is 8.84. The Balaban J connectivity index is 1.25. The lowest BCUT2D eigenvalue weighted by Crippen LogP contribution is -2.46. The molecule has 2 N–H and O–H groups in total. The van der Waals surface area contributed by atoms with Gasteiger partial charge in [0.05, 0.1) is 11.0 Å². The highest BCUT2D eigenvalue weighted by atomic mass is 16.5.